The van der Waals surface area contributed by atoms with Gasteiger partial charge in [0.2, 0.25) is 0 Å². The van der Waals surface area contributed by atoms with Crippen molar-refractivity contribution in [2.75, 3.05) is 11.9 Å². The van der Waals surface area contributed by atoms with Crippen LogP contribution in [0.4, 0.5) is 5.69 Å². The van der Waals surface area contributed by atoms with E-state index in [2.05, 4.69) is 27.8 Å². The Kier molecular flexibility index (Phi) is 4.81. The van der Waals surface area contributed by atoms with Crippen molar-refractivity contribution in [3.05, 3.63) is 60.4 Å². The second-order valence-electron chi connectivity index (χ2n) is 5.14. The number of rotatable bonds is 6. The molecule has 0 saturated carbocycles. The summed E-state index contributed by atoms with van der Waals surface area (Å²) in [6.45, 7) is 2.00. The molecule has 1 amide bonds. The molecule has 0 bridgehead atoms. The van der Waals surface area contributed by atoms with E-state index in [1.807, 2.05) is 36.4 Å². The van der Waals surface area contributed by atoms with Crippen molar-refractivity contribution in [2.24, 2.45) is 0 Å². The van der Waals surface area contributed by atoms with Crippen LogP contribution in [0.2, 0.25) is 0 Å². The first-order valence-corrected chi connectivity index (χ1v) is 7.59. The van der Waals surface area contributed by atoms with Crippen LogP contribution >= 0.6 is 0 Å². The summed E-state index contributed by atoms with van der Waals surface area (Å²) in [5, 5.41) is 13.8. The van der Waals surface area contributed by atoms with E-state index in [0.717, 1.165) is 17.8 Å². The van der Waals surface area contributed by atoms with E-state index in [0.29, 0.717) is 5.75 Å². The molecule has 1 N–H and O–H groups in total. The summed E-state index contributed by atoms with van der Waals surface area (Å²) in [5.41, 5.74) is 2.70. The molecule has 3 aromatic rings. The highest BCUT2D eigenvalue weighted by molar-refractivity contribution is 5.91. The molecular weight excluding hydrogens is 306 g/mol. The fourth-order valence-electron chi connectivity index (χ4n) is 2.21. The minimum absolute atomic E-state index is 0.0740. The summed E-state index contributed by atoms with van der Waals surface area (Å²) in [6, 6.07) is 15.0. The minimum atomic E-state index is -0.212. The molecule has 0 atom stereocenters. The summed E-state index contributed by atoms with van der Waals surface area (Å²) in [4.78, 5) is 12.0. The van der Waals surface area contributed by atoms with Gasteiger partial charge in [0.15, 0.2) is 6.61 Å². The molecule has 7 nitrogen and oxygen atoms in total. The third-order valence-corrected chi connectivity index (χ3v) is 3.42. The summed E-state index contributed by atoms with van der Waals surface area (Å²) in [5.74, 6) is 0.358. The Morgan fingerprint density at radius 2 is 2.08 bits per heavy atom. The first kappa shape index (κ1) is 15.7. The molecule has 0 spiro atoms. The average molecular weight is 323 g/mol. The summed E-state index contributed by atoms with van der Waals surface area (Å²) in [7, 11) is 0. The van der Waals surface area contributed by atoms with E-state index >= 15 is 0 Å². The van der Waals surface area contributed by atoms with Crippen LogP contribution in [0, 0.1) is 0 Å². The molecule has 0 aliphatic carbocycles. The number of aromatic nitrogens is 4. The number of tetrazole rings is 1. The molecule has 0 fully saturated rings. The lowest BCUT2D eigenvalue weighted by atomic mass is 10.1. The number of hydrogen-bond acceptors (Lipinski definition) is 5. The van der Waals surface area contributed by atoms with Crippen LogP contribution in [0.25, 0.3) is 5.69 Å². The average Bonchev–Trinajstić information content (AvgIpc) is 3.15. The van der Waals surface area contributed by atoms with E-state index in [1.54, 1.807) is 12.1 Å². The van der Waals surface area contributed by atoms with E-state index in [9.17, 15) is 4.79 Å². The maximum atomic E-state index is 12.0. The Morgan fingerprint density at radius 3 is 2.88 bits per heavy atom. The van der Waals surface area contributed by atoms with Gasteiger partial charge < -0.3 is 10.1 Å². The van der Waals surface area contributed by atoms with Crippen LogP contribution in [0.15, 0.2) is 54.9 Å². The normalized spacial score (nSPS) is 10.4. The monoisotopic (exact) mass is 323 g/mol. The molecule has 2 aromatic carbocycles. The molecule has 0 aliphatic rings. The van der Waals surface area contributed by atoms with Crippen molar-refractivity contribution >= 4 is 11.6 Å². The zero-order valence-electron chi connectivity index (χ0n) is 13.2. The lowest BCUT2D eigenvalue weighted by Crippen LogP contribution is -2.20. The molecule has 122 valence electrons. The molecule has 0 radical (unpaired) electrons. The number of nitrogens with zero attached hydrogens (tertiary/aromatic N) is 4. The number of hydrogen-bond donors (Lipinski definition) is 1. The van der Waals surface area contributed by atoms with Gasteiger partial charge in [0.1, 0.15) is 12.1 Å². The summed E-state index contributed by atoms with van der Waals surface area (Å²) >= 11 is 0. The molecule has 24 heavy (non-hydrogen) atoms. The Hall–Kier alpha value is -3.22. The maximum absolute atomic E-state index is 12.0. The maximum Gasteiger partial charge on any atom is 0.262 e. The second kappa shape index (κ2) is 7.36. The van der Waals surface area contributed by atoms with Gasteiger partial charge in [-0.3, -0.25) is 4.79 Å². The third kappa shape index (κ3) is 3.95. The lowest BCUT2D eigenvalue weighted by molar-refractivity contribution is -0.118. The van der Waals surface area contributed by atoms with Gasteiger partial charge in [-0.05, 0) is 46.7 Å². The number of anilines is 1. The van der Waals surface area contributed by atoms with E-state index in [1.165, 1.54) is 16.6 Å². The molecular formula is C17H17N5O2. The van der Waals surface area contributed by atoms with Crippen molar-refractivity contribution in [3.8, 4) is 11.4 Å². The van der Waals surface area contributed by atoms with Crippen LogP contribution < -0.4 is 10.1 Å². The van der Waals surface area contributed by atoms with Gasteiger partial charge in [0, 0.05) is 11.8 Å². The van der Waals surface area contributed by atoms with E-state index in [-0.39, 0.29) is 12.5 Å². The quantitative estimate of drug-likeness (QED) is 0.752. The zero-order valence-corrected chi connectivity index (χ0v) is 13.2. The van der Waals surface area contributed by atoms with Gasteiger partial charge in [0.05, 0.1) is 5.69 Å². The highest BCUT2D eigenvalue weighted by atomic mass is 16.5. The fourth-order valence-corrected chi connectivity index (χ4v) is 2.21. The predicted molar refractivity (Wildman–Crippen MR) is 89.1 cm³/mol. The SMILES string of the molecule is CCc1cccc(NC(=O)COc2cccc(-n3cnnn3)c2)c1. The van der Waals surface area contributed by atoms with Crippen molar-refractivity contribution in [2.45, 2.75) is 13.3 Å². The van der Waals surface area contributed by atoms with Gasteiger partial charge in [-0.1, -0.05) is 25.1 Å². The minimum Gasteiger partial charge on any atom is -0.484 e. The van der Waals surface area contributed by atoms with E-state index in [4.69, 9.17) is 4.74 Å². The van der Waals surface area contributed by atoms with Crippen molar-refractivity contribution < 1.29 is 9.53 Å². The third-order valence-electron chi connectivity index (χ3n) is 3.42. The molecule has 7 heteroatoms. The van der Waals surface area contributed by atoms with Gasteiger partial charge in [-0.15, -0.1) is 5.10 Å². The molecule has 1 aromatic heterocycles. The van der Waals surface area contributed by atoms with Crippen molar-refractivity contribution in [1.29, 1.82) is 0 Å². The number of carbonyl (C=O) groups is 1. The summed E-state index contributed by atoms with van der Waals surface area (Å²) < 4.78 is 7.06. The van der Waals surface area contributed by atoms with Gasteiger partial charge >= 0.3 is 0 Å². The highest BCUT2D eigenvalue weighted by Crippen LogP contribution is 2.16. The molecule has 0 unspecified atom stereocenters. The largest absolute Gasteiger partial charge is 0.484 e. The summed E-state index contributed by atoms with van der Waals surface area (Å²) in [6.07, 6.45) is 2.41. The van der Waals surface area contributed by atoms with Gasteiger partial charge in [0.25, 0.3) is 5.91 Å². The number of ether oxygens (including phenoxy) is 1. The zero-order chi connectivity index (χ0) is 16.8. The molecule has 0 aliphatic heterocycles. The Balaban J connectivity index is 1.59. The Labute approximate surface area is 139 Å². The first-order chi connectivity index (χ1) is 11.7. The van der Waals surface area contributed by atoms with Crippen LogP contribution in [-0.4, -0.2) is 32.7 Å². The number of aryl methyl sites for hydroxylation is 1. The van der Waals surface area contributed by atoms with Crippen LogP contribution in [0.1, 0.15) is 12.5 Å². The molecule has 3 rings (SSSR count). The van der Waals surface area contributed by atoms with E-state index < -0.39 is 0 Å². The molecule has 1 heterocycles. The fraction of sp³-hybridized carbons (Fsp3) is 0.176. The van der Waals surface area contributed by atoms with Crippen molar-refractivity contribution in [1.82, 2.24) is 20.2 Å². The Bertz CT molecular complexity index is 817. The van der Waals surface area contributed by atoms with Gasteiger partial charge in [-0.25, -0.2) is 4.68 Å². The smallest absolute Gasteiger partial charge is 0.262 e. The topological polar surface area (TPSA) is 81.9 Å². The number of benzene rings is 2. The standard InChI is InChI=1S/C17H17N5O2/c1-2-13-5-3-6-14(9-13)19-17(23)11-24-16-8-4-7-15(10-16)22-12-18-20-21-22/h3-10,12H,2,11H2,1H3,(H,19,23). The number of amides is 1. The van der Waals surface area contributed by atoms with Gasteiger partial charge in [-0.2, -0.15) is 0 Å². The van der Waals surface area contributed by atoms with Crippen LogP contribution in [0.3, 0.4) is 0 Å². The molecule has 0 saturated heterocycles. The Morgan fingerprint density at radius 1 is 1.21 bits per heavy atom. The number of carbonyl (C=O) groups excluding carboxylic acids is 1. The van der Waals surface area contributed by atoms with Crippen LogP contribution in [0.5, 0.6) is 5.75 Å². The lowest BCUT2D eigenvalue weighted by Gasteiger charge is -2.09. The van der Waals surface area contributed by atoms with Crippen LogP contribution in [-0.2, 0) is 11.2 Å². The second-order valence-corrected chi connectivity index (χ2v) is 5.14. The first-order valence-electron chi connectivity index (χ1n) is 7.59. The van der Waals surface area contributed by atoms with Crippen molar-refractivity contribution in [3.63, 3.8) is 0 Å². The number of nitrogens with one attached hydrogen (secondary N) is 1. The predicted octanol–water partition coefficient (Wildman–Crippen LogP) is 2.24. The highest BCUT2D eigenvalue weighted by Gasteiger charge is 2.06.